The molecule has 0 aliphatic rings. The minimum atomic E-state index is -0.985. The van der Waals surface area contributed by atoms with Gasteiger partial charge in [0.15, 0.2) is 5.78 Å². The number of rotatable bonds is 6. The second-order valence-electron chi connectivity index (χ2n) is 4.72. The fourth-order valence-electron chi connectivity index (χ4n) is 1.70. The molecule has 0 saturated carbocycles. The first-order valence-electron chi connectivity index (χ1n) is 5.89. The van der Waals surface area contributed by atoms with Gasteiger partial charge in [-0.25, -0.2) is 0 Å². The zero-order chi connectivity index (χ0) is 13.7. The van der Waals surface area contributed by atoms with E-state index in [2.05, 4.69) is 29.8 Å². The van der Waals surface area contributed by atoms with E-state index in [0.29, 0.717) is 11.5 Å². The van der Waals surface area contributed by atoms with Crippen LogP contribution in [0, 0.1) is 5.92 Å². The molecule has 0 spiro atoms. The van der Waals surface area contributed by atoms with Gasteiger partial charge in [-0.15, -0.1) is 0 Å². The quantitative estimate of drug-likeness (QED) is 0.647. The normalized spacial score (nSPS) is 12.4. The smallest absolute Gasteiger partial charge is 0.304 e. The highest BCUT2D eigenvalue weighted by Crippen LogP contribution is 2.16. The van der Waals surface area contributed by atoms with Gasteiger partial charge in [-0.1, -0.05) is 54.0 Å². The molecule has 1 aromatic carbocycles. The fraction of sp³-hybridized carbons (Fsp3) is 0.429. The number of hydrogen-bond donors (Lipinski definition) is 1. The highest BCUT2D eigenvalue weighted by Gasteiger charge is 2.19. The first kappa shape index (κ1) is 14.9. The molecular formula is C14H17BrO3. The lowest BCUT2D eigenvalue weighted by Gasteiger charge is -2.08. The van der Waals surface area contributed by atoms with Crippen LogP contribution in [0.3, 0.4) is 0 Å². The standard InChI is InChI=1S/C14H17BrO3/c1-9(2)7-10-3-5-11(6-4-10)14(18)12(15)8-13(16)17/h3-6,9,12H,7-8H2,1-2H3,(H,16,17). The van der Waals surface area contributed by atoms with Crippen molar-refractivity contribution in [3.63, 3.8) is 0 Å². The zero-order valence-electron chi connectivity index (χ0n) is 10.5. The summed E-state index contributed by atoms with van der Waals surface area (Å²) < 4.78 is 0. The van der Waals surface area contributed by atoms with Crippen molar-refractivity contribution in [3.05, 3.63) is 35.4 Å². The van der Waals surface area contributed by atoms with E-state index in [-0.39, 0.29) is 12.2 Å². The molecule has 0 fully saturated rings. The summed E-state index contributed by atoms with van der Waals surface area (Å²) in [6.07, 6.45) is 0.772. The SMILES string of the molecule is CC(C)Cc1ccc(C(=O)C(Br)CC(=O)O)cc1. The Kier molecular flexibility index (Phi) is 5.54. The topological polar surface area (TPSA) is 54.4 Å². The minimum absolute atomic E-state index is 0.187. The maximum Gasteiger partial charge on any atom is 0.304 e. The molecule has 98 valence electrons. The summed E-state index contributed by atoms with van der Waals surface area (Å²) in [6.45, 7) is 4.28. The van der Waals surface area contributed by atoms with Crippen LogP contribution in [-0.2, 0) is 11.2 Å². The third kappa shape index (κ3) is 4.61. The Morgan fingerprint density at radius 2 is 1.78 bits per heavy atom. The Morgan fingerprint density at radius 3 is 2.22 bits per heavy atom. The van der Waals surface area contributed by atoms with E-state index in [0.717, 1.165) is 6.42 Å². The zero-order valence-corrected chi connectivity index (χ0v) is 12.1. The largest absolute Gasteiger partial charge is 0.481 e. The van der Waals surface area contributed by atoms with Gasteiger partial charge in [-0.2, -0.15) is 0 Å². The molecule has 0 saturated heterocycles. The number of alkyl halides is 1. The van der Waals surface area contributed by atoms with Crippen molar-refractivity contribution in [2.45, 2.75) is 31.5 Å². The lowest BCUT2D eigenvalue weighted by atomic mass is 9.99. The van der Waals surface area contributed by atoms with Crippen LogP contribution in [0.5, 0.6) is 0 Å². The highest BCUT2D eigenvalue weighted by atomic mass is 79.9. The first-order chi connectivity index (χ1) is 8.40. The van der Waals surface area contributed by atoms with Gasteiger partial charge >= 0.3 is 5.97 Å². The number of carboxylic acid groups (broad SMARTS) is 1. The van der Waals surface area contributed by atoms with Gasteiger partial charge in [-0.05, 0) is 17.9 Å². The van der Waals surface area contributed by atoms with Crippen LogP contribution < -0.4 is 0 Å². The number of benzene rings is 1. The summed E-state index contributed by atoms with van der Waals surface area (Å²) in [5, 5.41) is 8.64. The van der Waals surface area contributed by atoms with Crippen LogP contribution in [0.15, 0.2) is 24.3 Å². The fourth-order valence-corrected chi connectivity index (χ4v) is 2.24. The number of ketones is 1. The molecule has 0 aromatic heterocycles. The van der Waals surface area contributed by atoms with Crippen molar-refractivity contribution in [3.8, 4) is 0 Å². The van der Waals surface area contributed by atoms with Crippen molar-refractivity contribution in [1.29, 1.82) is 0 Å². The number of carbonyl (C=O) groups is 2. The average molecular weight is 313 g/mol. The number of halogens is 1. The molecule has 0 radical (unpaired) electrons. The van der Waals surface area contributed by atoms with Gasteiger partial charge in [0.25, 0.3) is 0 Å². The summed E-state index contributed by atoms with van der Waals surface area (Å²) in [7, 11) is 0. The van der Waals surface area contributed by atoms with Gasteiger partial charge in [0.05, 0.1) is 11.2 Å². The summed E-state index contributed by atoms with van der Waals surface area (Å²) >= 11 is 3.11. The van der Waals surface area contributed by atoms with Gasteiger partial charge in [0.1, 0.15) is 0 Å². The van der Waals surface area contributed by atoms with Gasteiger partial charge < -0.3 is 5.11 Å². The van der Waals surface area contributed by atoms with Crippen molar-refractivity contribution in [2.24, 2.45) is 5.92 Å². The molecule has 0 bridgehead atoms. The number of carbonyl (C=O) groups excluding carboxylic acids is 1. The third-order valence-electron chi connectivity index (χ3n) is 2.52. The molecule has 0 aliphatic heterocycles. The lowest BCUT2D eigenvalue weighted by Crippen LogP contribution is -2.18. The minimum Gasteiger partial charge on any atom is -0.481 e. The second-order valence-corrected chi connectivity index (χ2v) is 5.83. The van der Waals surface area contributed by atoms with Gasteiger partial charge in [0.2, 0.25) is 0 Å². The summed E-state index contributed by atoms with van der Waals surface area (Å²) in [5.74, 6) is -0.599. The lowest BCUT2D eigenvalue weighted by molar-refractivity contribution is -0.136. The Balaban J connectivity index is 2.72. The van der Waals surface area contributed by atoms with Gasteiger partial charge in [0, 0.05) is 5.56 Å². The number of hydrogen-bond acceptors (Lipinski definition) is 2. The van der Waals surface area contributed by atoms with Crippen molar-refractivity contribution in [2.75, 3.05) is 0 Å². The van der Waals surface area contributed by atoms with Crippen LogP contribution in [0.4, 0.5) is 0 Å². The molecule has 0 amide bonds. The van der Waals surface area contributed by atoms with Gasteiger partial charge in [-0.3, -0.25) is 9.59 Å². The van der Waals surface area contributed by atoms with E-state index < -0.39 is 10.8 Å². The van der Waals surface area contributed by atoms with E-state index in [1.807, 2.05) is 12.1 Å². The van der Waals surface area contributed by atoms with Crippen LogP contribution >= 0.6 is 15.9 Å². The summed E-state index contributed by atoms with van der Waals surface area (Å²) in [4.78, 5) is 21.8. The molecule has 1 unspecified atom stereocenters. The highest BCUT2D eigenvalue weighted by molar-refractivity contribution is 9.10. The van der Waals surface area contributed by atoms with E-state index >= 15 is 0 Å². The molecule has 1 aromatic rings. The van der Waals surface area contributed by atoms with Crippen molar-refractivity contribution >= 4 is 27.7 Å². The second kappa shape index (κ2) is 6.69. The Hall–Kier alpha value is -1.16. The molecule has 1 N–H and O–H groups in total. The van der Waals surface area contributed by atoms with Crippen molar-refractivity contribution < 1.29 is 14.7 Å². The predicted octanol–water partition coefficient (Wildman–Crippen LogP) is 3.31. The average Bonchev–Trinajstić information content (AvgIpc) is 2.27. The third-order valence-corrected chi connectivity index (χ3v) is 3.26. The predicted molar refractivity (Wildman–Crippen MR) is 74.3 cm³/mol. The van der Waals surface area contributed by atoms with Crippen LogP contribution in [0.2, 0.25) is 0 Å². The first-order valence-corrected chi connectivity index (χ1v) is 6.80. The Morgan fingerprint density at radius 1 is 1.22 bits per heavy atom. The Bertz CT molecular complexity index is 423. The van der Waals surface area contributed by atoms with Crippen LogP contribution in [0.1, 0.15) is 36.2 Å². The van der Waals surface area contributed by atoms with E-state index in [1.54, 1.807) is 12.1 Å². The Labute approximate surface area is 115 Å². The molecule has 4 heteroatoms. The molecular weight excluding hydrogens is 296 g/mol. The maximum absolute atomic E-state index is 11.9. The van der Waals surface area contributed by atoms with E-state index in [4.69, 9.17) is 5.11 Å². The summed E-state index contributed by atoms with van der Waals surface area (Å²) in [6, 6.07) is 7.37. The van der Waals surface area contributed by atoms with E-state index in [1.165, 1.54) is 5.56 Å². The van der Waals surface area contributed by atoms with E-state index in [9.17, 15) is 9.59 Å². The molecule has 0 aliphatic carbocycles. The molecule has 18 heavy (non-hydrogen) atoms. The number of aliphatic carboxylic acids is 1. The van der Waals surface area contributed by atoms with Crippen molar-refractivity contribution in [1.82, 2.24) is 0 Å². The maximum atomic E-state index is 11.9. The molecule has 1 atom stereocenters. The van der Waals surface area contributed by atoms with Crippen LogP contribution in [-0.4, -0.2) is 21.7 Å². The number of carboxylic acids is 1. The summed E-state index contributed by atoms with van der Waals surface area (Å²) in [5.41, 5.74) is 1.73. The monoisotopic (exact) mass is 312 g/mol. The molecule has 0 heterocycles. The number of Topliss-reactive ketones (excluding diaryl/α,β-unsaturated/α-hetero) is 1. The molecule has 1 rings (SSSR count). The van der Waals surface area contributed by atoms with Crippen LogP contribution in [0.25, 0.3) is 0 Å². The molecule has 3 nitrogen and oxygen atoms in total.